The number of halogens is 2. The normalized spacial score (nSPS) is 11.4. The fourth-order valence-electron chi connectivity index (χ4n) is 1.86. The van der Waals surface area contributed by atoms with Crippen LogP contribution in [0.2, 0.25) is 0 Å². The Hall–Kier alpha value is -1.80. The molecule has 0 bridgehead atoms. The van der Waals surface area contributed by atoms with Crippen LogP contribution in [0.5, 0.6) is 0 Å². The number of nitro benzene ring substituents is 1. The number of aryl methyl sites for hydroxylation is 1. The predicted molar refractivity (Wildman–Crippen MR) is 77.4 cm³/mol. The molecule has 2 aromatic rings. The molecule has 0 atom stereocenters. The van der Waals surface area contributed by atoms with Crippen molar-refractivity contribution in [1.29, 1.82) is 0 Å². The zero-order chi connectivity index (χ0) is 15.8. The Labute approximate surface area is 128 Å². The Morgan fingerprint density at radius 3 is 2.38 bits per heavy atom. The van der Waals surface area contributed by atoms with E-state index in [2.05, 4.69) is 15.9 Å². The van der Waals surface area contributed by atoms with Crippen LogP contribution in [0.25, 0.3) is 0 Å². The van der Waals surface area contributed by atoms with Crippen LogP contribution in [-0.4, -0.2) is 13.3 Å². The van der Waals surface area contributed by atoms with Crippen molar-refractivity contribution in [2.75, 3.05) is 0 Å². The number of sulfone groups is 1. The summed E-state index contributed by atoms with van der Waals surface area (Å²) in [5.41, 5.74) is -0.0758. The van der Waals surface area contributed by atoms with Crippen LogP contribution in [0.3, 0.4) is 0 Å². The van der Waals surface area contributed by atoms with E-state index >= 15 is 0 Å². The minimum atomic E-state index is -4.09. The van der Waals surface area contributed by atoms with Crippen LogP contribution in [-0.2, 0) is 9.84 Å². The standard InChI is InChI=1S/C13H9BrFNO4S/c1-8-6-11(16(17)18)9(14)7-13(8)21(19,20)12-5-3-2-4-10(12)15/h2-7H,1H3. The monoisotopic (exact) mass is 373 g/mol. The third-order valence-electron chi connectivity index (χ3n) is 2.86. The second kappa shape index (κ2) is 5.53. The van der Waals surface area contributed by atoms with Crippen molar-refractivity contribution >= 4 is 31.5 Å². The van der Waals surface area contributed by atoms with E-state index < -0.39 is 25.5 Å². The summed E-state index contributed by atoms with van der Waals surface area (Å²) in [5.74, 6) is -0.869. The highest BCUT2D eigenvalue weighted by atomic mass is 79.9. The maximum atomic E-state index is 13.7. The van der Waals surface area contributed by atoms with Gasteiger partial charge in [-0.1, -0.05) is 12.1 Å². The van der Waals surface area contributed by atoms with Crippen LogP contribution in [0.15, 0.2) is 50.7 Å². The van der Waals surface area contributed by atoms with Gasteiger partial charge in [-0.15, -0.1) is 0 Å². The molecule has 0 aliphatic rings. The summed E-state index contributed by atoms with van der Waals surface area (Å²) in [6.45, 7) is 1.42. The molecule has 0 amide bonds. The van der Waals surface area contributed by atoms with Crippen LogP contribution in [0.4, 0.5) is 10.1 Å². The van der Waals surface area contributed by atoms with Crippen molar-refractivity contribution in [3.8, 4) is 0 Å². The van der Waals surface area contributed by atoms with Gasteiger partial charge in [-0.2, -0.15) is 0 Å². The zero-order valence-corrected chi connectivity index (χ0v) is 13.1. The molecule has 110 valence electrons. The molecule has 8 heteroatoms. The number of hydrogen-bond donors (Lipinski definition) is 0. The van der Waals surface area contributed by atoms with Crippen LogP contribution < -0.4 is 0 Å². The van der Waals surface area contributed by atoms with E-state index in [4.69, 9.17) is 0 Å². The molecule has 0 heterocycles. The summed E-state index contributed by atoms with van der Waals surface area (Å²) in [4.78, 5) is 9.56. The average Bonchev–Trinajstić information content (AvgIpc) is 2.40. The Bertz CT molecular complexity index is 836. The zero-order valence-electron chi connectivity index (χ0n) is 10.7. The van der Waals surface area contributed by atoms with E-state index in [1.807, 2.05) is 0 Å². The van der Waals surface area contributed by atoms with E-state index in [1.165, 1.54) is 19.1 Å². The third kappa shape index (κ3) is 2.81. The molecule has 0 aromatic heterocycles. The Kier molecular flexibility index (Phi) is 4.11. The van der Waals surface area contributed by atoms with Crippen LogP contribution in [0, 0.1) is 22.9 Å². The van der Waals surface area contributed by atoms with E-state index in [-0.39, 0.29) is 20.6 Å². The molecule has 0 fully saturated rings. The van der Waals surface area contributed by atoms with Gasteiger partial charge in [0, 0.05) is 6.07 Å². The van der Waals surface area contributed by atoms with E-state index in [9.17, 15) is 22.9 Å². The summed E-state index contributed by atoms with van der Waals surface area (Å²) in [5, 5.41) is 10.8. The summed E-state index contributed by atoms with van der Waals surface area (Å²) in [6.07, 6.45) is 0. The van der Waals surface area contributed by atoms with Gasteiger partial charge in [-0.25, -0.2) is 12.8 Å². The lowest BCUT2D eigenvalue weighted by Crippen LogP contribution is -2.07. The van der Waals surface area contributed by atoms with Gasteiger partial charge >= 0.3 is 0 Å². The molecule has 2 aromatic carbocycles. The number of rotatable bonds is 3. The molecule has 2 rings (SSSR count). The van der Waals surface area contributed by atoms with Gasteiger partial charge in [0.25, 0.3) is 5.69 Å². The van der Waals surface area contributed by atoms with E-state index in [0.717, 1.165) is 24.3 Å². The lowest BCUT2D eigenvalue weighted by molar-refractivity contribution is -0.385. The van der Waals surface area contributed by atoms with Crippen molar-refractivity contribution < 1.29 is 17.7 Å². The maximum Gasteiger partial charge on any atom is 0.283 e. The molecular weight excluding hydrogens is 365 g/mol. The first-order valence-electron chi connectivity index (χ1n) is 5.69. The Balaban J connectivity index is 2.70. The largest absolute Gasteiger partial charge is 0.283 e. The molecule has 0 saturated carbocycles. The number of nitrogens with zero attached hydrogens (tertiary/aromatic N) is 1. The molecular formula is C13H9BrFNO4S. The fraction of sp³-hybridized carbons (Fsp3) is 0.0769. The molecule has 0 aliphatic carbocycles. The van der Waals surface area contributed by atoms with Gasteiger partial charge < -0.3 is 0 Å². The summed E-state index contributed by atoms with van der Waals surface area (Å²) >= 11 is 2.97. The van der Waals surface area contributed by atoms with Gasteiger partial charge in [-0.3, -0.25) is 10.1 Å². The first-order valence-corrected chi connectivity index (χ1v) is 7.97. The van der Waals surface area contributed by atoms with Gasteiger partial charge in [0.15, 0.2) is 0 Å². The molecule has 0 spiro atoms. The molecule has 0 saturated heterocycles. The first-order chi connectivity index (χ1) is 9.75. The number of nitro groups is 1. The van der Waals surface area contributed by atoms with Crippen LogP contribution in [0.1, 0.15) is 5.56 Å². The van der Waals surface area contributed by atoms with Gasteiger partial charge in [0.05, 0.1) is 14.3 Å². The highest BCUT2D eigenvalue weighted by molar-refractivity contribution is 9.10. The average molecular weight is 374 g/mol. The van der Waals surface area contributed by atoms with Gasteiger partial charge in [0.1, 0.15) is 10.7 Å². The quantitative estimate of drug-likeness (QED) is 0.607. The van der Waals surface area contributed by atoms with Crippen molar-refractivity contribution in [3.05, 3.63) is 62.4 Å². The van der Waals surface area contributed by atoms with Crippen LogP contribution >= 0.6 is 15.9 Å². The van der Waals surface area contributed by atoms with Gasteiger partial charge in [0.2, 0.25) is 9.84 Å². The SMILES string of the molecule is Cc1cc([N+](=O)[O-])c(Br)cc1S(=O)(=O)c1ccccc1F. The molecule has 21 heavy (non-hydrogen) atoms. The maximum absolute atomic E-state index is 13.7. The predicted octanol–water partition coefficient (Wildman–Crippen LogP) is 3.64. The molecule has 5 nitrogen and oxygen atoms in total. The van der Waals surface area contributed by atoms with Crippen molar-refractivity contribution in [2.45, 2.75) is 16.7 Å². The second-order valence-electron chi connectivity index (χ2n) is 4.26. The molecule has 0 radical (unpaired) electrons. The molecule has 0 unspecified atom stereocenters. The highest BCUT2D eigenvalue weighted by Gasteiger charge is 2.26. The van der Waals surface area contributed by atoms with Crippen molar-refractivity contribution in [1.82, 2.24) is 0 Å². The first kappa shape index (κ1) is 15.6. The fourth-order valence-corrected chi connectivity index (χ4v) is 4.07. The minimum absolute atomic E-state index is 0.0213. The topological polar surface area (TPSA) is 77.3 Å². The summed E-state index contributed by atoms with van der Waals surface area (Å²) in [6, 6.07) is 7.24. The smallest absolute Gasteiger partial charge is 0.258 e. The number of benzene rings is 2. The van der Waals surface area contributed by atoms with E-state index in [0.29, 0.717) is 0 Å². The molecule has 0 N–H and O–H groups in total. The van der Waals surface area contributed by atoms with Crippen molar-refractivity contribution in [3.63, 3.8) is 0 Å². The number of hydrogen-bond acceptors (Lipinski definition) is 4. The molecule has 0 aliphatic heterocycles. The Morgan fingerprint density at radius 1 is 1.19 bits per heavy atom. The van der Waals surface area contributed by atoms with Gasteiger partial charge in [-0.05, 0) is 46.6 Å². The van der Waals surface area contributed by atoms with E-state index in [1.54, 1.807) is 0 Å². The van der Waals surface area contributed by atoms with Crippen molar-refractivity contribution in [2.24, 2.45) is 0 Å². The summed E-state index contributed by atoms with van der Waals surface area (Å²) < 4.78 is 38.7. The Morgan fingerprint density at radius 2 is 1.81 bits per heavy atom. The minimum Gasteiger partial charge on any atom is -0.258 e. The third-order valence-corrected chi connectivity index (χ3v) is 5.42. The lowest BCUT2D eigenvalue weighted by atomic mass is 10.2. The second-order valence-corrected chi connectivity index (χ2v) is 7.00. The summed E-state index contributed by atoms with van der Waals surface area (Å²) in [7, 11) is -4.09. The lowest BCUT2D eigenvalue weighted by Gasteiger charge is -2.09. The highest BCUT2D eigenvalue weighted by Crippen LogP contribution is 2.33.